The molecule has 1 unspecified atom stereocenters. The summed E-state index contributed by atoms with van der Waals surface area (Å²) < 4.78 is 0. The molecule has 1 atom stereocenters. The van der Waals surface area contributed by atoms with Crippen LogP contribution < -0.4 is 51.1 Å². The molecule has 3 heterocycles. The van der Waals surface area contributed by atoms with Crippen molar-refractivity contribution in [3.05, 3.63) is 217 Å². The summed E-state index contributed by atoms with van der Waals surface area (Å²) in [7, 11) is 17.9. The smallest absolute Gasteiger partial charge is 0.252 e. The lowest BCUT2D eigenvalue weighted by molar-refractivity contribution is 0.0942. The highest BCUT2D eigenvalue weighted by atomic mass is 16.2. The fourth-order valence-electron chi connectivity index (χ4n) is 12.1. The lowest BCUT2D eigenvalue weighted by Gasteiger charge is -2.29. The van der Waals surface area contributed by atoms with Gasteiger partial charge in [0.05, 0.1) is 93.2 Å². The van der Waals surface area contributed by atoms with Crippen LogP contribution in [0, 0.1) is 12.3 Å². The van der Waals surface area contributed by atoms with Gasteiger partial charge in [-0.3, -0.25) is 19.4 Å². The third kappa shape index (κ3) is 15.5. The predicted octanol–water partition coefficient (Wildman–Crippen LogP) is 12.6. The molecule has 12 aromatic rings. The zero-order valence-electron chi connectivity index (χ0n) is 58.9. The van der Waals surface area contributed by atoms with Crippen molar-refractivity contribution in [2.24, 2.45) is 10.7 Å². The van der Waals surface area contributed by atoms with Crippen molar-refractivity contribution in [1.29, 1.82) is 0 Å². The number of hydrogen-bond donors (Lipinski definition) is 4. The predicted molar refractivity (Wildman–Crippen MR) is 417 cm³/mol. The van der Waals surface area contributed by atoms with Gasteiger partial charge in [0.2, 0.25) is 0 Å². The number of benzene rings is 9. The molecule has 0 bridgehead atoms. The Morgan fingerprint density at radius 2 is 0.716 bits per heavy atom. The van der Waals surface area contributed by atoms with Crippen molar-refractivity contribution in [2.45, 2.75) is 13.0 Å². The molecule has 0 saturated carbocycles. The summed E-state index contributed by atoms with van der Waals surface area (Å²) in [6.45, 7) is 3.74. The number of amides is 3. The Balaban J connectivity index is 0.843. The topological polar surface area (TPSA) is 222 Å². The van der Waals surface area contributed by atoms with Crippen LogP contribution in [0.25, 0.3) is 101 Å². The molecule has 3 aromatic heterocycles. The van der Waals surface area contributed by atoms with E-state index < -0.39 is 6.04 Å². The number of aliphatic imine (C=N–C) groups is 1. The van der Waals surface area contributed by atoms with E-state index in [1.807, 2.05) is 113 Å². The molecule has 0 fully saturated rings. The van der Waals surface area contributed by atoms with Gasteiger partial charge in [0.15, 0.2) is 0 Å². The third-order valence-corrected chi connectivity index (χ3v) is 17.7. The standard InChI is InChI=1S/C82H81N17O3/c1-12-52(2)87-82(102)61-33-36-70-73(49-61)93-79(58-24-18-30-67(46-58)99(11)50-96(8)64-27-15-21-55(43-64)75-77(54-20-14-26-63(42-54)95(6)7)91-72-48-60(32-35-69(72)89-75)81(101)86-40-39-84-3)76(90-70)56-22-16-28-65(44-56)97(9)51-98(10)66-29-17-23-57(45-66)78-74(53-19-13-25-62(41-53)94(4)5)88-68-34-31-59(47-71(68)92-78)80(100)85-38-37-83/h1,13-36,39,41-49,52H,37-38,40,50-51,83H2,2-11H3,(H,85,100)(H,86,101)(H,87,102)/b84-39+. The molecule has 20 nitrogen and oxygen atoms in total. The first kappa shape index (κ1) is 69.3. The van der Waals surface area contributed by atoms with Crippen molar-refractivity contribution in [3.8, 4) is 79.9 Å². The fourth-order valence-corrected chi connectivity index (χ4v) is 12.1. The molecule has 102 heavy (non-hydrogen) atoms. The van der Waals surface area contributed by atoms with Crippen LogP contribution >= 0.6 is 0 Å². The quantitative estimate of drug-likeness (QED) is 0.0251. The van der Waals surface area contributed by atoms with Crippen molar-refractivity contribution >= 4 is 91.2 Å². The number of hydrogen-bond acceptors (Lipinski definition) is 17. The highest BCUT2D eigenvalue weighted by molar-refractivity contribution is 6.01. The van der Waals surface area contributed by atoms with Crippen LogP contribution in [0.4, 0.5) is 34.1 Å². The molecule has 3 amide bonds. The summed E-state index contributed by atoms with van der Waals surface area (Å²) in [5, 5.41) is 8.64. The highest BCUT2D eigenvalue weighted by Crippen LogP contribution is 2.39. The number of carbonyl (C=O) groups is 3. The SMILES string of the molecule is C#CC(C)NC(=O)c1ccc2nc(-c3cccc(N(C)CN(C)c4cccc(-c5nc6cc(C(=O)NCCN)ccc6nc5-c5cccc(N(C)C)c5)c4)c3)c(-c3cccc(N(C)CN(C)c4cccc(-c5nc6ccc(C(=O)NC/C=N/C)cc6nc5-c5cccc(N(C)C)c5)c4)c3)nc2c1. The molecule has 5 N–H and O–H groups in total. The molecule has 0 radical (unpaired) electrons. The lowest BCUT2D eigenvalue weighted by atomic mass is 10.0. The number of carbonyl (C=O) groups excluding carboxylic acids is 3. The van der Waals surface area contributed by atoms with E-state index >= 15 is 0 Å². The van der Waals surface area contributed by atoms with E-state index in [0.29, 0.717) is 117 Å². The van der Waals surface area contributed by atoms with E-state index in [4.69, 9.17) is 42.1 Å². The number of nitrogens with zero attached hydrogens (tertiary/aromatic N) is 13. The molecule has 12 rings (SSSR count). The number of nitrogens with two attached hydrogens (primary N) is 1. The van der Waals surface area contributed by atoms with Crippen molar-refractivity contribution in [1.82, 2.24) is 45.9 Å². The Bertz CT molecular complexity index is 5220. The average Bonchev–Trinajstić information content (AvgIpc) is 0.781. The summed E-state index contributed by atoms with van der Waals surface area (Å²) in [6.07, 6.45) is 7.32. The van der Waals surface area contributed by atoms with E-state index in [-0.39, 0.29) is 17.7 Å². The number of anilines is 6. The van der Waals surface area contributed by atoms with E-state index in [2.05, 4.69) is 163 Å². The van der Waals surface area contributed by atoms with Gasteiger partial charge in [-0.1, -0.05) is 78.7 Å². The van der Waals surface area contributed by atoms with Gasteiger partial charge >= 0.3 is 0 Å². The maximum atomic E-state index is 13.5. The first-order valence-electron chi connectivity index (χ1n) is 33.5. The molecule has 9 aromatic carbocycles. The van der Waals surface area contributed by atoms with Gasteiger partial charge in [-0.05, 0) is 134 Å². The Morgan fingerprint density at radius 1 is 0.422 bits per heavy atom. The van der Waals surface area contributed by atoms with Crippen LogP contribution in [0.15, 0.2) is 205 Å². The maximum Gasteiger partial charge on any atom is 0.252 e. The third-order valence-electron chi connectivity index (χ3n) is 17.7. The maximum absolute atomic E-state index is 13.5. The largest absolute Gasteiger partial charge is 0.378 e. The Kier molecular flexibility index (Phi) is 20.8. The molecule has 20 heteroatoms. The van der Waals surface area contributed by atoms with Crippen molar-refractivity contribution in [2.75, 3.05) is 126 Å². The zero-order valence-corrected chi connectivity index (χ0v) is 58.9. The van der Waals surface area contributed by atoms with Gasteiger partial charge < -0.3 is 51.1 Å². The van der Waals surface area contributed by atoms with Crippen LogP contribution in [0.1, 0.15) is 38.0 Å². The summed E-state index contributed by atoms with van der Waals surface area (Å²) >= 11 is 0. The Hall–Kier alpha value is -12.6. The van der Waals surface area contributed by atoms with Crippen LogP contribution in [-0.2, 0) is 0 Å². The zero-order chi connectivity index (χ0) is 71.7. The second-order valence-electron chi connectivity index (χ2n) is 25.6. The minimum absolute atomic E-state index is 0.226. The van der Waals surface area contributed by atoms with Gasteiger partial charge in [0, 0.05) is 167 Å². The number of nitrogens with one attached hydrogen (secondary N) is 3. The fraction of sp³-hybridized carbons (Fsp3) is 0.195. The number of rotatable bonds is 24. The lowest BCUT2D eigenvalue weighted by Crippen LogP contribution is -2.32. The van der Waals surface area contributed by atoms with Gasteiger partial charge in [-0.15, -0.1) is 6.42 Å². The Labute approximate surface area is 594 Å². The molecule has 0 aliphatic carbocycles. The first-order chi connectivity index (χ1) is 49.3. The molecular weight excluding hydrogens is 1270 g/mol. The average molecular weight is 1350 g/mol. The Morgan fingerprint density at radius 3 is 1.02 bits per heavy atom. The van der Waals surface area contributed by atoms with E-state index in [0.717, 1.165) is 67.5 Å². The number of aromatic nitrogens is 6. The first-order valence-corrected chi connectivity index (χ1v) is 33.5. The van der Waals surface area contributed by atoms with Crippen LogP contribution in [0.3, 0.4) is 0 Å². The second kappa shape index (κ2) is 30.7. The minimum atomic E-state index is -0.475. The normalized spacial score (nSPS) is 11.5. The van der Waals surface area contributed by atoms with Crippen molar-refractivity contribution < 1.29 is 14.4 Å². The molecule has 0 aliphatic rings. The second-order valence-corrected chi connectivity index (χ2v) is 25.6. The van der Waals surface area contributed by atoms with E-state index in [1.165, 1.54) is 0 Å². The summed E-state index contributed by atoms with van der Waals surface area (Å²) in [6, 6.07) is 65.2. The van der Waals surface area contributed by atoms with Gasteiger partial charge in [-0.25, -0.2) is 29.9 Å². The molecule has 0 spiro atoms. The van der Waals surface area contributed by atoms with Gasteiger partial charge in [0.1, 0.15) is 0 Å². The summed E-state index contributed by atoms with van der Waals surface area (Å²) in [5.41, 5.74) is 25.8. The highest BCUT2D eigenvalue weighted by Gasteiger charge is 2.23. The molecule has 0 saturated heterocycles. The molecule has 0 aliphatic heterocycles. The number of fused-ring (bicyclic) bond motifs is 3. The van der Waals surface area contributed by atoms with Crippen LogP contribution in [-0.4, -0.2) is 156 Å². The molecule has 512 valence electrons. The monoisotopic (exact) mass is 1350 g/mol. The molecular formula is C82H81N17O3. The van der Waals surface area contributed by atoms with Crippen LogP contribution in [0.5, 0.6) is 0 Å². The summed E-state index contributed by atoms with van der Waals surface area (Å²) in [4.78, 5) is 88.4. The van der Waals surface area contributed by atoms with Crippen LogP contribution in [0.2, 0.25) is 0 Å². The van der Waals surface area contributed by atoms with Gasteiger partial charge in [0.25, 0.3) is 17.7 Å². The minimum Gasteiger partial charge on any atom is -0.378 e. The summed E-state index contributed by atoms with van der Waals surface area (Å²) in [5.74, 6) is 1.82. The van der Waals surface area contributed by atoms with Gasteiger partial charge in [-0.2, -0.15) is 0 Å². The van der Waals surface area contributed by atoms with Crippen molar-refractivity contribution in [3.63, 3.8) is 0 Å². The number of terminal acetylenes is 1. The van der Waals surface area contributed by atoms with E-state index in [1.54, 1.807) is 56.6 Å². The van der Waals surface area contributed by atoms with E-state index in [9.17, 15) is 14.4 Å².